The zero-order valence-corrected chi connectivity index (χ0v) is 10.0. The topological polar surface area (TPSA) is 62.6 Å². The summed E-state index contributed by atoms with van der Waals surface area (Å²) >= 11 is 0. The minimum Gasteiger partial charge on any atom is -0.366 e. The van der Waals surface area contributed by atoms with Crippen molar-refractivity contribution in [1.82, 2.24) is 4.90 Å². The van der Waals surface area contributed by atoms with Crippen LogP contribution in [-0.2, 0) is 14.3 Å². The quantitative estimate of drug-likeness (QED) is 0.690. The number of nitrogens with zero attached hydrogens (tertiary/aromatic N) is 2. The summed E-state index contributed by atoms with van der Waals surface area (Å²) in [6, 6.07) is 2.00. The van der Waals surface area contributed by atoms with Crippen LogP contribution in [0.3, 0.4) is 0 Å². The van der Waals surface area contributed by atoms with Gasteiger partial charge in [0.15, 0.2) is 6.10 Å². The number of nitriles is 1. The first-order valence-electron chi connectivity index (χ1n) is 5.35. The summed E-state index contributed by atoms with van der Waals surface area (Å²) in [4.78, 5) is 13.4. The van der Waals surface area contributed by atoms with E-state index in [-0.39, 0.29) is 18.1 Å². The van der Waals surface area contributed by atoms with Crippen LogP contribution in [0.5, 0.6) is 0 Å². The third-order valence-electron chi connectivity index (χ3n) is 2.19. The van der Waals surface area contributed by atoms with E-state index < -0.39 is 6.10 Å². The Morgan fingerprint density at radius 3 is 2.88 bits per heavy atom. The molecular formula is C11H18N2O3. The van der Waals surface area contributed by atoms with Crippen molar-refractivity contribution in [3.05, 3.63) is 0 Å². The van der Waals surface area contributed by atoms with Gasteiger partial charge in [-0.25, -0.2) is 0 Å². The highest BCUT2D eigenvalue weighted by atomic mass is 16.5. The summed E-state index contributed by atoms with van der Waals surface area (Å²) in [5.41, 5.74) is -0.323. The normalized spacial score (nSPS) is 21.6. The second kappa shape index (κ2) is 5.28. The lowest BCUT2D eigenvalue weighted by Crippen LogP contribution is -2.47. The highest BCUT2D eigenvalue weighted by Gasteiger charge is 2.24. The second-order valence-corrected chi connectivity index (χ2v) is 4.73. The van der Waals surface area contributed by atoms with Crippen LogP contribution in [0.25, 0.3) is 0 Å². The van der Waals surface area contributed by atoms with E-state index in [0.29, 0.717) is 19.7 Å². The van der Waals surface area contributed by atoms with Gasteiger partial charge in [0.2, 0.25) is 5.91 Å². The standard InChI is InChI=1S/C11H18N2O3/c1-11(2,3)16-8-10(14)13-4-5-15-9(6-12)7-13/h9H,4-5,7-8H2,1-3H3. The molecule has 1 unspecified atom stereocenters. The lowest BCUT2D eigenvalue weighted by molar-refractivity contribution is -0.146. The van der Waals surface area contributed by atoms with Gasteiger partial charge < -0.3 is 14.4 Å². The van der Waals surface area contributed by atoms with Crippen LogP contribution in [0, 0.1) is 11.3 Å². The van der Waals surface area contributed by atoms with Crippen molar-refractivity contribution in [2.24, 2.45) is 0 Å². The fourth-order valence-corrected chi connectivity index (χ4v) is 1.32. The van der Waals surface area contributed by atoms with E-state index in [1.54, 1.807) is 4.90 Å². The molecule has 16 heavy (non-hydrogen) atoms. The third-order valence-corrected chi connectivity index (χ3v) is 2.19. The lowest BCUT2D eigenvalue weighted by atomic mass is 10.2. The molecule has 0 aromatic heterocycles. The first kappa shape index (κ1) is 12.9. The molecule has 5 nitrogen and oxygen atoms in total. The van der Waals surface area contributed by atoms with Crippen LogP contribution < -0.4 is 0 Å². The molecule has 5 heteroatoms. The molecule has 0 aromatic carbocycles. The van der Waals surface area contributed by atoms with Crippen LogP contribution >= 0.6 is 0 Å². The van der Waals surface area contributed by atoms with Crippen molar-refractivity contribution in [3.63, 3.8) is 0 Å². The average molecular weight is 226 g/mol. The number of carbonyl (C=O) groups excluding carboxylic acids is 1. The third kappa shape index (κ3) is 4.17. The summed E-state index contributed by atoms with van der Waals surface area (Å²) in [5, 5.41) is 8.71. The smallest absolute Gasteiger partial charge is 0.248 e. The zero-order valence-electron chi connectivity index (χ0n) is 10.0. The highest BCUT2D eigenvalue weighted by Crippen LogP contribution is 2.09. The van der Waals surface area contributed by atoms with Crippen LogP contribution in [0.1, 0.15) is 20.8 Å². The Morgan fingerprint density at radius 2 is 2.31 bits per heavy atom. The van der Waals surface area contributed by atoms with Crippen molar-refractivity contribution in [2.75, 3.05) is 26.3 Å². The Hall–Kier alpha value is -1.12. The maximum absolute atomic E-state index is 11.7. The van der Waals surface area contributed by atoms with Gasteiger partial charge in [-0.1, -0.05) is 0 Å². The molecule has 1 amide bonds. The molecule has 0 saturated carbocycles. The van der Waals surface area contributed by atoms with E-state index in [0.717, 1.165) is 0 Å². The van der Waals surface area contributed by atoms with E-state index in [1.165, 1.54) is 0 Å². The minimum absolute atomic E-state index is 0.0572. The Kier molecular flexibility index (Phi) is 4.27. The van der Waals surface area contributed by atoms with Gasteiger partial charge in [0.1, 0.15) is 6.61 Å². The first-order chi connectivity index (χ1) is 7.42. The van der Waals surface area contributed by atoms with Gasteiger partial charge >= 0.3 is 0 Å². The molecule has 1 saturated heterocycles. The van der Waals surface area contributed by atoms with Crippen LogP contribution in [0.15, 0.2) is 0 Å². The maximum atomic E-state index is 11.7. The fourth-order valence-electron chi connectivity index (χ4n) is 1.32. The average Bonchev–Trinajstić information content (AvgIpc) is 2.25. The Labute approximate surface area is 95.9 Å². The van der Waals surface area contributed by atoms with Gasteiger partial charge in [-0.2, -0.15) is 5.26 Å². The van der Waals surface area contributed by atoms with Crippen molar-refractivity contribution in [3.8, 4) is 6.07 Å². The number of carbonyl (C=O) groups is 1. The fraction of sp³-hybridized carbons (Fsp3) is 0.818. The number of hydrogen-bond donors (Lipinski definition) is 0. The molecule has 90 valence electrons. The molecular weight excluding hydrogens is 208 g/mol. The highest BCUT2D eigenvalue weighted by molar-refractivity contribution is 5.77. The SMILES string of the molecule is CC(C)(C)OCC(=O)N1CCOC(C#N)C1. The molecule has 0 N–H and O–H groups in total. The van der Waals surface area contributed by atoms with Crippen molar-refractivity contribution in [1.29, 1.82) is 5.26 Å². The molecule has 0 aromatic rings. The summed E-state index contributed by atoms with van der Waals surface area (Å²) in [6.45, 7) is 7.04. The molecule has 0 radical (unpaired) electrons. The lowest BCUT2D eigenvalue weighted by Gasteiger charge is -2.30. The Bertz CT molecular complexity index is 291. The monoisotopic (exact) mass is 226 g/mol. The van der Waals surface area contributed by atoms with Gasteiger partial charge in [0.05, 0.1) is 24.8 Å². The molecule has 1 aliphatic heterocycles. The van der Waals surface area contributed by atoms with E-state index >= 15 is 0 Å². The van der Waals surface area contributed by atoms with Crippen LogP contribution in [0.4, 0.5) is 0 Å². The van der Waals surface area contributed by atoms with Gasteiger partial charge in [-0.3, -0.25) is 4.79 Å². The van der Waals surface area contributed by atoms with E-state index in [4.69, 9.17) is 14.7 Å². The minimum atomic E-state index is -0.507. The number of hydrogen-bond acceptors (Lipinski definition) is 4. The summed E-state index contributed by atoms with van der Waals surface area (Å²) in [6.07, 6.45) is -0.507. The van der Waals surface area contributed by atoms with Crippen molar-refractivity contribution >= 4 is 5.91 Å². The predicted octanol–water partition coefficient (Wildman–Crippen LogP) is 0.552. The maximum Gasteiger partial charge on any atom is 0.248 e. The molecule has 1 atom stereocenters. The molecule has 0 aliphatic carbocycles. The number of rotatable bonds is 2. The van der Waals surface area contributed by atoms with E-state index in [9.17, 15) is 4.79 Å². The van der Waals surface area contributed by atoms with Crippen molar-refractivity contribution in [2.45, 2.75) is 32.5 Å². The Morgan fingerprint density at radius 1 is 1.62 bits per heavy atom. The number of amides is 1. The summed E-state index contributed by atoms with van der Waals surface area (Å²) in [5.74, 6) is -0.0847. The molecule has 1 heterocycles. The second-order valence-electron chi connectivity index (χ2n) is 4.73. The van der Waals surface area contributed by atoms with Gasteiger partial charge in [0, 0.05) is 6.54 Å². The first-order valence-corrected chi connectivity index (χ1v) is 5.35. The largest absolute Gasteiger partial charge is 0.366 e. The van der Waals surface area contributed by atoms with Gasteiger partial charge in [-0.15, -0.1) is 0 Å². The van der Waals surface area contributed by atoms with E-state index in [1.807, 2.05) is 26.8 Å². The predicted molar refractivity (Wildman–Crippen MR) is 57.6 cm³/mol. The van der Waals surface area contributed by atoms with Gasteiger partial charge in [-0.05, 0) is 20.8 Å². The van der Waals surface area contributed by atoms with Crippen molar-refractivity contribution < 1.29 is 14.3 Å². The molecule has 1 aliphatic rings. The number of ether oxygens (including phenoxy) is 2. The number of morpholine rings is 1. The van der Waals surface area contributed by atoms with Crippen LogP contribution in [-0.4, -0.2) is 48.8 Å². The van der Waals surface area contributed by atoms with E-state index in [2.05, 4.69) is 0 Å². The molecule has 1 rings (SSSR count). The molecule has 0 bridgehead atoms. The summed E-state index contributed by atoms with van der Waals surface area (Å²) < 4.78 is 10.6. The summed E-state index contributed by atoms with van der Waals surface area (Å²) in [7, 11) is 0. The molecule has 0 spiro atoms. The van der Waals surface area contributed by atoms with Crippen LogP contribution in [0.2, 0.25) is 0 Å². The zero-order chi connectivity index (χ0) is 12.2. The molecule has 1 fully saturated rings. The Balaban J connectivity index is 2.39. The van der Waals surface area contributed by atoms with Gasteiger partial charge in [0.25, 0.3) is 0 Å².